The molecule has 12 heteroatoms. The maximum Gasteiger partial charge on any atom is 0.261 e. The summed E-state index contributed by atoms with van der Waals surface area (Å²) < 4.78 is 23.3. The number of rotatable bonds is 9. The summed E-state index contributed by atoms with van der Waals surface area (Å²) in [5.74, 6) is -0.628. The van der Waals surface area contributed by atoms with Gasteiger partial charge in [-0.15, -0.1) is 0 Å². The molecule has 1 saturated heterocycles. The van der Waals surface area contributed by atoms with E-state index in [1.807, 2.05) is 6.07 Å². The number of aliphatic hydroxyl groups is 1. The molecule has 0 unspecified atom stereocenters. The number of imidazole rings is 1. The molecular weight excluding hydrogens is 575 g/mol. The van der Waals surface area contributed by atoms with E-state index in [0.29, 0.717) is 30.1 Å². The van der Waals surface area contributed by atoms with Gasteiger partial charge in [-0.25, -0.2) is 9.37 Å². The van der Waals surface area contributed by atoms with Crippen molar-refractivity contribution in [3.05, 3.63) is 60.3 Å². The zero-order valence-electron chi connectivity index (χ0n) is 26.1. The lowest BCUT2D eigenvalue weighted by Crippen LogP contribution is -2.48. The van der Waals surface area contributed by atoms with Crippen molar-refractivity contribution in [3.8, 4) is 17.0 Å². The summed E-state index contributed by atoms with van der Waals surface area (Å²) in [4.78, 5) is 33.8. The molecule has 1 aliphatic carbocycles. The molecule has 1 saturated carbocycles. The van der Waals surface area contributed by atoms with Crippen LogP contribution in [0.4, 0.5) is 16.0 Å². The Balaban J connectivity index is 1.30. The van der Waals surface area contributed by atoms with Gasteiger partial charge in [0.15, 0.2) is 5.82 Å². The second-order valence-corrected chi connectivity index (χ2v) is 12.1. The fraction of sp³-hybridized carbons (Fsp3) is 0.455. The van der Waals surface area contributed by atoms with Crippen molar-refractivity contribution >= 4 is 28.6 Å². The number of nitrogens with zero attached hydrogens (tertiary/aromatic N) is 7. The van der Waals surface area contributed by atoms with Gasteiger partial charge < -0.3 is 24.2 Å². The number of likely N-dealkylation sites (N-methyl/N-ethyl adjacent to an activating group) is 1. The van der Waals surface area contributed by atoms with Gasteiger partial charge in [0.25, 0.3) is 5.91 Å². The number of fused-ring (bicyclic) bond motifs is 1. The molecule has 2 fully saturated rings. The Morgan fingerprint density at radius 1 is 1.09 bits per heavy atom. The van der Waals surface area contributed by atoms with Crippen LogP contribution in [0.15, 0.2) is 48.9 Å². The summed E-state index contributed by atoms with van der Waals surface area (Å²) in [5, 5.41) is 13.1. The molecule has 4 aromatic rings. The van der Waals surface area contributed by atoms with E-state index < -0.39 is 11.7 Å². The standard InChI is InChI=1S/C33H41FN8O3/c1-39(2)14-15-40-16-18-41(19-17-40)23-6-9-27-28(20-23)42(22-4-7-24(43)8-5-22)33(37-27)38-32(44)25-10-13-36-31(30(25)34)26-21-35-12-11-29(26)45-3/h6,9-13,20-22,24,43H,4-5,7-8,14-19H2,1-3H3,(H,37,38,44). The number of anilines is 2. The third-order valence-electron chi connectivity index (χ3n) is 8.92. The molecule has 2 aliphatic rings. The van der Waals surface area contributed by atoms with Crippen LogP contribution < -0.4 is 15.0 Å². The minimum atomic E-state index is -0.767. The highest BCUT2D eigenvalue weighted by Gasteiger charge is 2.28. The van der Waals surface area contributed by atoms with Crippen molar-refractivity contribution < 1.29 is 19.0 Å². The fourth-order valence-corrected chi connectivity index (χ4v) is 6.34. The molecule has 1 aliphatic heterocycles. The van der Waals surface area contributed by atoms with Gasteiger partial charge in [-0.2, -0.15) is 0 Å². The van der Waals surface area contributed by atoms with Crippen molar-refractivity contribution in [2.45, 2.75) is 37.8 Å². The van der Waals surface area contributed by atoms with E-state index >= 15 is 4.39 Å². The lowest BCUT2D eigenvalue weighted by atomic mass is 9.93. The van der Waals surface area contributed by atoms with E-state index in [1.165, 1.54) is 25.6 Å². The Labute approximate surface area is 262 Å². The summed E-state index contributed by atoms with van der Waals surface area (Å²) in [6.45, 7) is 5.95. The molecule has 1 amide bonds. The Bertz CT molecular complexity index is 1640. The van der Waals surface area contributed by atoms with E-state index in [0.717, 1.165) is 68.8 Å². The number of carbonyl (C=O) groups excluding carboxylic acids is 1. The van der Waals surface area contributed by atoms with Crippen molar-refractivity contribution in [3.63, 3.8) is 0 Å². The molecule has 45 heavy (non-hydrogen) atoms. The van der Waals surface area contributed by atoms with Crippen LogP contribution in [0, 0.1) is 5.82 Å². The van der Waals surface area contributed by atoms with E-state index in [2.05, 4.69) is 60.8 Å². The van der Waals surface area contributed by atoms with Crippen molar-refractivity contribution in [2.75, 3.05) is 70.7 Å². The number of nitrogens with one attached hydrogen (secondary N) is 1. The van der Waals surface area contributed by atoms with Crippen LogP contribution in [0.1, 0.15) is 42.1 Å². The van der Waals surface area contributed by atoms with Gasteiger partial charge in [-0.3, -0.25) is 25.0 Å². The number of benzene rings is 1. The minimum Gasteiger partial charge on any atom is -0.496 e. The van der Waals surface area contributed by atoms with Gasteiger partial charge in [0.05, 0.1) is 35.4 Å². The molecule has 238 valence electrons. The smallest absolute Gasteiger partial charge is 0.261 e. The molecule has 4 heterocycles. The summed E-state index contributed by atoms with van der Waals surface area (Å²) in [7, 11) is 5.69. The first-order valence-corrected chi connectivity index (χ1v) is 15.6. The average Bonchev–Trinajstić information content (AvgIpc) is 3.41. The SMILES string of the molecule is COc1ccncc1-c1nccc(C(=O)Nc2nc3ccc(N4CCN(CCN(C)C)CC4)cc3n2C2CCC(O)CC2)c1F. The van der Waals surface area contributed by atoms with Gasteiger partial charge >= 0.3 is 0 Å². The Morgan fingerprint density at radius 2 is 1.87 bits per heavy atom. The minimum absolute atomic E-state index is 0.0196. The van der Waals surface area contributed by atoms with Crippen LogP contribution in [0.2, 0.25) is 0 Å². The quantitative estimate of drug-likeness (QED) is 0.288. The molecule has 2 N–H and O–H groups in total. The van der Waals surface area contributed by atoms with Gasteiger partial charge in [0, 0.05) is 69.6 Å². The molecule has 11 nitrogen and oxygen atoms in total. The zero-order valence-corrected chi connectivity index (χ0v) is 26.1. The number of ether oxygens (including phenoxy) is 1. The fourth-order valence-electron chi connectivity index (χ4n) is 6.34. The number of carbonyl (C=O) groups is 1. The number of hydrogen-bond donors (Lipinski definition) is 2. The monoisotopic (exact) mass is 616 g/mol. The third-order valence-corrected chi connectivity index (χ3v) is 8.92. The predicted octanol–water partition coefficient (Wildman–Crippen LogP) is 4.05. The largest absolute Gasteiger partial charge is 0.496 e. The number of methoxy groups -OCH3 is 1. The Morgan fingerprint density at radius 3 is 2.60 bits per heavy atom. The number of amides is 1. The molecule has 3 aromatic heterocycles. The molecular formula is C33H41FN8O3. The third kappa shape index (κ3) is 6.63. The highest BCUT2D eigenvalue weighted by Crippen LogP contribution is 2.36. The lowest BCUT2D eigenvalue weighted by molar-refractivity contribution is 0.101. The van der Waals surface area contributed by atoms with Crippen molar-refractivity contribution in [1.29, 1.82) is 0 Å². The van der Waals surface area contributed by atoms with E-state index in [4.69, 9.17) is 9.72 Å². The van der Waals surface area contributed by atoms with Crippen LogP contribution in [-0.4, -0.2) is 107 Å². The number of aromatic nitrogens is 4. The molecule has 1 aromatic carbocycles. The van der Waals surface area contributed by atoms with Gasteiger partial charge in [-0.05, 0) is 70.1 Å². The van der Waals surface area contributed by atoms with Crippen LogP contribution in [-0.2, 0) is 0 Å². The average molecular weight is 617 g/mol. The van der Waals surface area contributed by atoms with Crippen LogP contribution in [0.25, 0.3) is 22.3 Å². The highest BCUT2D eigenvalue weighted by atomic mass is 19.1. The van der Waals surface area contributed by atoms with E-state index in [-0.39, 0.29) is 23.4 Å². The van der Waals surface area contributed by atoms with E-state index in [1.54, 1.807) is 12.3 Å². The Kier molecular flexibility index (Phi) is 9.24. The number of halogens is 1. The summed E-state index contributed by atoms with van der Waals surface area (Å²) in [6, 6.07) is 9.24. The van der Waals surface area contributed by atoms with Crippen LogP contribution >= 0.6 is 0 Å². The molecule has 0 radical (unpaired) electrons. The van der Waals surface area contributed by atoms with Gasteiger partial charge in [0.2, 0.25) is 5.95 Å². The molecule has 0 atom stereocenters. The summed E-state index contributed by atoms with van der Waals surface area (Å²) in [5.41, 5.74) is 2.95. The van der Waals surface area contributed by atoms with E-state index in [9.17, 15) is 9.90 Å². The first kappa shape index (κ1) is 30.9. The number of aliphatic hydroxyl groups excluding tert-OH is 1. The zero-order chi connectivity index (χ0) is 31.5. The maximum atomic E-state index is 15.8. The maximum absolute atomic E-state index is 15.8. The van der Waals surface area contributed by atoms with Gasteiger partial charge in [0.1, 0.15) is 11.4 Å². The van der Waals surface area contributed by atoms with Crippen molar-refractivity contribution in [1.82, 2.24) is 29.3 Å². The summed E-state index contributed by atoms with van der Waals surface area (Å²) in [6.07, 6.45) is 6.91. The highest BCUT2D eigenvalue weighted by molar-refractivity contribution is 6.05. The van der Waals surface area contributed by atoms with Crippen LogP contribution in [0.3, 0.4) is 0 Å². The van der Waals surface area contributed by atoms with Crippen molar-refractivity contribution in [2.24, 2.45) is 0 Å². The lowest BCUT2D eigenvalue weighted by Gasteiger charge is -2.36. The topological polar surface area (TPSA) is 112 Å². The number of piperazine rings is 1. The molecule has 6 rings (SSSR count). The second kappa shape index (κ2) is 13.5. The molecule has 0 bridgehead atoms. The summed E-state index contributed by atoms with van der Waals surface area (Å²) >= 11 is 0. The molecule has 0 spiro atoms. The number of hydrogen-bond acceptors (Lipinski definition) is 9. The normalized spacial score (nSPS) is 19.3. The predicted molar refractivity (Wildman–Crippen MR) is 172 cm³/mol. The number of pyridine rings is 2. The van der Waals surface area contributed by atoms with Gasteiger partial charge in [-0.1, -0.05) is 0 Å². The Hall–Kier alpha value is -4.13. The first-order valence-electron chi connectivity index (χ1n) is 15.6. The second-order valence-electron chi connectivity index (χ2n) is 12.1. The first-order chi connectivity index (χ1) is 21.8. The van der Waals surface area contributed by atoms with Crippen LogP contribution in [0.5, 0.6) is 5.75 Å².